The molecule has 5 heteroatoms. The molecule has 1 aromatic carbocycles. The quantitative estimate of drug-likeness (QED) is 0.895. The number of hydrogen-bond acceptors (Lipinski definition) is 2. The van der Waals surface area contributed by atoms with E-state index >= 15 is 0 Å². The van der Waals surface area contributed by atoms with Crippen LogP contribution in [-0.2, 0) is 11.6 Å². The highest BCUT2D eigenvalue weighted by molar-refractivity contribution is 5.33. The van der Waals surface area contributed by atoms with Crippen molar-refractivity contribution >= 4 is 0 Å². The largest absolute Gasteiger partial charge is 0.416 e. The van der Waals surface area contributed by atoms with E-state index in [0.717, 1.165) is 37.0 Å². The third-order valence-corrected chi connectivity index (χ3v) is 4.27. The molecule has 2 nitrogen and oxygen atoms in total. The topological polar surface area (TPSA) is 32.3 Å². The molecule has 0 aromatic heterocycles. The second-order valence-electron chi connectivity index (χ2n) is 5.52. The van der Waals surface area contributed by atoms with Gasteiger partial charge >= 0.3 is 6.18 Å². The standard InChI is InChI=1S/C15H20F3NO/c1-19-10-14(9-3-2-4-13(14)20)11-5-7-12(8-6-11)15(16,17)18/h5-8,13,19-20H,2-4,9-10H2,1H3/t13-,14+/m1/s1. The van der Waals surface area contributed by atoms with Gasteiger partial charge in [0, 0.05) is 12.0 Å². The van der Waals surface area contributed by atoms with E-state index in [1.54, 1.807) is 7.05 Å². The van der Waals surface area contributed by atoms with Crippen molar-refractivity contribution in [3.63, 3.8) is 0 Å². The Morgan fingerprint density at radius 3 is 2.40 bits per heavy atom. The summed E-state index contributed by atoms with van der Waals surface area (Å²) in [6, 6.07) is 5.23. The first kappa shape index (κ1) is 15.3. The molecule has 0 amide bonds. The van der Waals surface area contributed by atoms with Crippen molar-refractivity contribution in [2.24, 2.45) is 0 Å². The highest BCUT2D eigenvalue weighted by Gasteiger charge is 2.41. The lowest BCUT2D eigenvalue weighted by Gasteiger charge is -2.42. The average molecular weight is 287 g/mol. The maximum absolute atomic E-state index is 12.6. The van der Waals surface area contributed by atoms with E-state index in [1.807, 2.05) is 0 Å². The van der Waals surface area contributed by atoms with Crippen molar-refractivity contribution in [2.45, 2.75) is 43.4 Å². The molecule has 0 saturated heterocycles. The van der Waals surface area contributed by atoms with Gasteiger partial charge in [0.2, 0.25) is 0 Å². The molecular formula is C15H20F3NO. The summed E-state index contributed by atoms with van der Waals surface area (Å²) in [5.41, 5.74) is -0.338. The number of rotatable bonds is 3. The minimum Gasteiger partial charge on any atom is -0.392 e. The average Bonchev–Trinajstić information content (AvgIpc) is 2.41. The molecule has 2 N–H and O–H groups in total. The molecule has 1 aliphatic rings. The Labute approximate surface area is 117 Å². The first-order valence-corrected chi connectivity index (χ1v) is 6.90. The predicted molar refractivity (Wildman–Crippen MR) is 71.5 cm³/mol. The van der Waals surface area contributed by atoms with Crippen LogP contribution < -0.4 is 5.32 Å². The summed E-state index contributed by atoms with van der Waals surface area (Å²) in [4.78, 5) is 0. The van der Waals surface area contributed by atoms with Crippen LogP contribution in [0.3, 0.4) is 0 Å². The van der Waals surface area contributed by atoms with Crippen LogP contribution in [-0.4, -0.2) is 24.8 Å². The van der Waals surface area contributed by atoms with Gasteiger partial charge in [-0.05, 0) is 37.6 Å². The maximum atomic E-state index is 12.6. The van der Waals surface area contributed by atoms with E-state index in [9.17, 15) is 18.3 Å². The fourth-order valence-corrected chi connectivity index (χ4v) is 3.17. The number of nitrogens with one attached hydrogen (secondary N) is 1. The fourth-order valence-electron chi connectivity index (χ4n) is 3.17. The molecule has 0 radical (unpaired) electrons. The second-order valence-corrected chi connectivity index (χ2v) is 5.52. The molecule has 0 aliphatic heterocycles. The summed E-state index contributed by atoms with van der Waals surface area (Å²) in [5, 5.41) is 13.4. The Hall–Kier alpha value is -1.07. The molecule has 1 saturated carbocycles. The Kier molecular flexibility index (Phi) is 4.39. The number of alkyl halides is 3. The van der Waals surface area contributed by atoms with Crippen LogP contribution in [0.4, 0.5) is 13.2 Å². The van der Waals surface area contributed by atoms with E-state index in [2.05, 4.69) is 5.32 Å². The smallest absolute Gasteiger partial charge is 0.392 e. The molecule has 1 aliphatic carbocycles. The summed E-state index contributed by atoms with van der Waals surface area (Å²) in [5.74, 6) is 0. The van der Waals surface area contributed by atoms with Crippen molar-refractivity contribution in [3.8, 4) is 0 Å². The third kappa shape index (κ3) is 2.83. The highest BCUT2D eigenvalue weighted by Crippen LogP contribution is 2.40. The van der Waals surface area contributed by atoms with Crippen molar-refractivity contribution in [1.82, 2.24) is 5.32 Å². The number of aliphatic hydroxyl groups excluding tert-OH is 1. The van der Waals surface area contributed by atoms with Crippen LogP contribution in [0, 0.1) is 0 Å². The van der Waals surface area contributed by atoms with Gasteiger partial charge in [-0.2, -0.15) is 13.2 Å². The van der Waals surface area contributed by atoms with E-state index in [0.29, 0.717) is 13.0 Å². The van der Waals surface area contributed by atoms with Gasteiger partial charge in [-0.25, -0.2) is 0 Å². The van der Waals surface area contributed by atoms with E-state index in [4.69, 9.17) is 0 Å². The summed E-state index contributed by atoms with van der Waals surface area (Å²) >= 11 is 0. The third-order valence-electron chi connectivity index (χ3n) is 4.27. The first-order valence-electron chi connectivity index (χ1n) is 6.90. The molecule has 1 fully saturated rings. The van der Waals surface area contributed by atoms with Gasteiger partial charge in [-0.15, -0.1) is 0 Å². The summed E-state index contributed by atoms with van der Waals surface area (Å²) in [7, 11) is 1.80. The molecular weight excluding hydrogens is 267 g/mol. The number of hydrogen-bond donors (Lipinski definition) is 2. The fraction of sp³-hybridized carbons (Fsp3) is 0.600. The van der Waals surface area contributed by atoms with Crippen molar-refractivity contribution in [3.05, 3.63) is 35.4 Å². The second kappa shape index (κ2) is 5.74. The minimum absolute atomic E-state index is 0.475. The molecule has 1 aromatic rings. The minimum atomic E-state index is -4.32. The monoisotopic (exact) mass is 287 g/mol. The molecule has 112 valence electrons. The highest BCUT2D eigenvalue weighted by atomic mass is 19.4. The van der Waals surface area contributed by atoms with Gasteiger partial charge in [0.1, 0.15) is 0 Å². The summed E-state index contributed by atoms with van der Waals surface area (Å²) in [6.07, 6.45) is -1.39. The molecule has 0 heterocycles. The van der Waals surface area contributed by atoms with Gasteiger partial charge in [-0.3, -0.25) is 0 Å². The van der Waals surface area contributed by atoms with E-state index in [-0.39, 0.29) is 0 Å². The molecule has 0 unspecified atom stereocenters. The maximum Gasteiger partial charge on any atom is 0.416 e. The van der Waals surface area contributed by atoms with Gasteiger partial charge in [0.15, 0.2) is 0 Å². The Balaban J connectivity index is 2.34. The zero-order chi connectivity index (χ0) is 14.8. The number of benzene rings is 1. The zero-order valence-corrected chi connectivity index (χ0v) is 11.5. The van der Waals surface area contributed by atoms with Crippen LogP contribution in [0.1, 0.15) is 36.8 Å². The van der Waals surface area contributed by atoms with Gasteiger partial charge in [0.25, 0.3) is 0 Å². The molecule has 2 rings (SSSR count). The van der Waals surface area contributed by atoms with Crippen LogP contribution in [0.2, 0.25) is 0 Å². The van der Waals surface area contributed by atoms with Gasteiger partial charge < -0.3 is 10.4 Å². The van der Waals surface area contributed by atoms with Crippen LogP contribution in [0.25, 0.3) is 0 Å². The molecule has 0 bridgehead atoms. The lowest BCUT2D eigenvalue weighted by molar-refractivity contribution is -0.137. The van der Waals surface area contributed by atoms with Crippen LogP contribution >= 0.6 is 0 Å². The van der Waals surface area contributed by atoms with E-state index < -0.39 is 23.3 Å². The van der Waals surface area contributed by atoms with Crippen molar-refractivity contribution in [1.29, 1.82) is 0 Å². The Bertz CT molecular complexity index is 439. The molecule has 20 heavy (non-hydrogen) atoms. The van der Waals surface area contributed by atoms with Crippen molar-refractivity contribution < 1.29 is 18.3 Å². The van der Waals surface area contributed by atoms with Gasteiger partial charge in [-0.1, -0.05) is 25.0 Å². The number of aliphatic hydroxyl groups is 1. The van der Waals surface area contributed by atoms with Crippen LogP contribution in [0.15, 0.2) is 24.3 Å². The van der Waals surface area contributed by atoms with E-state index in [1.165, 1.54) is 12.1 Å². The molecule has 0 spiro atoms. The number of halogens is 3. The summed E-state index contributed by atoms with van der Waals surface area (Å²) in [6.45, 7) is 0.569. The van der Waals surface area contributed by atoms with Gasteiger partial charge in [0.05, 0.1) is 11.7 Å². The lowest BCUT2D eigenvalue weighted by atomic mass is 9.67. The Morgan fingerprint density at radius 1 is 1.25 bits per heavy atom. The van der Waals surface area contributed by atoms with Crippen LogP contribution in [0.5, 0.6) is 0 Å². The van der Waals surface area contributed by atoms with Crippen molar-refractivity contribution in [2.75, 3.05) is 13.6 Å². The number of likely N-dealkylation sites (N-methyl/N-ethyl adjacent to an activating group) is 1. The SMILES string of the molecule is CNC[C@]1(c2ccc(C(F)(F)F)cc2)CCCC[C@H]1O. The summed E-state index contributed by atoms with van der Waals surface area (Å²) < 4.78 is 37.9. The first-order chi connectivity index (χ1) is 9.40. The normalized spacial score (nSPS) is 27.6. The zero-order valence-electron chi connectivity index (χ0n) is 11.5. The molecule has 2 atom stereocenters. The Morgan fingerprint density at radius 2 is 1.90 bits per heavy atom. The predicted octanol–water partition coefficient (Wildman–Crippen LogP) is 3.10. The lowest BCUT2D eigenvalue weighted by Crippen LogP contribution is -2.48.